The molecule has 1 rings (SSSR count). The van der Waals surface area contributed by atoms with E-state index in [9.17, 15) is 17.8 Å². The van der Waals surface area contributed by atoms with E-state index < -0.39 is 38.0 Å². The van der Waals surface area contributed by atoms with Crippen LogP contribution in [0.25, 0.3) is 0 Å². The van der Waals surface area contributed by atoms with Crippen molar-refractivity contribution in [1.82, 2.24) is 0 Å². The Morgan fingerprint density at radius 1 is 1.18 bits per heavy atom. The fraction of sp³-hybridized carbons (Fsp3) is 0. The summed E-state index contributed by atoms with van der Waals surface area (Å²) in [5, 5.41) is 26.6. The van der Waals surface area contributed by atoms with Gasteiger partial charge in [0.25, 0.3) is 0 Å². The number of aromatic carboxylic acids is 1. The van der Waals surface area contributed by atoms with Gasteiger partial charge in [0.15, 0.2) is 11.5 Å². The molecule has 0 fully saturated rings. The zero-order chi connectivity index (χ0) is 11.8. The van der Waals surface area contributed by atoms with Crippen molar-refractivity contribution in [2.24, 2.45) is 0 Å². The van der Waals surface area contributed by atoms with Crippen LogP contribution in [0.3, 0.4) is 0 Å². The molecule has 17 heavy (non-hydrogen) atoms. The van der Waals surface area contributed by atoms with Crippen molar-refractivity contribution in [1.29, 1.82) is 0 Å². The molecular weight excluding hydrogens is 283 g/mol. The minimum Gasteiger partial charge on any atom is -0.744 e. The van der Waals surface area contributed by atoms with Gasteiger partial charge in [-0.15, -0.1) is 0 Å². The van der Waals surface area contributed by atoms with Crippen LogP contribution in [0.1, 0.15) is 10.4 Å². The Morgan fingerprint density at radius 2 is 1.65 bits per heavy atom. The number of carboxylic acid groups (broad SMARTS) is 1. The van der Waals surface area contributed by atoms with E-state index in [4.69, 9.17) is 15.3 Å². The molecule has 0 aliphatic rings. The molecule has 1 aromatic carbocycles. The average molecular weight is 290 g/mol. The molecule has 0 aliphatic carbocycles. The van der Waals surface area contributed by atoms with Crippen molar-refractivity contribution in [2.45, 2.75) is 4.90 Å². The van der Waals surface area contributed by atoms with Gasteiger partial charge in [0, 0.05) is 0 Å². The summed E-state index contributed by atoms with van der Waals surface area (Å²) in [7, 11) is -4.95. The van der Waals surface area contributed by atoms with E-state index in [1.807, 2.05) is 0 Å². The van der Waals surface area contributed by atoms with Crippen LogP contribution in [0.5, 0.6) is 11.5 Å². The number of benzene rings is 1. The van der Waals surface area contributed by atoms with Crippen LogP contribution in [0.15, 0.2) is 17.0 Å². The molecule has 0 atom stereocenters. The number of hydrogen-bond donors (Lipinski definition) is 3. The molecule has 0 spiro atoms. The number of rotatable bonds is 2. The van der Waals surface area contributed by atoms with Crippen LogP contribution in [-0.2, 0) is 10.1 Å². The van der Waals surface area contributed by atoms with Crippen LogP contribution in [-0.4, -0.2) is 39.7 Å². The molecule has 0 aromatic heterocycles. The van der Waals surface area contributed by atoms with Crippen LogP contribution in [0, 0.1) is 0 Å². The van der Waals surface area contributed by atoms with Gasteiger partial charge in [-0.05, 0) is 12.1 Å². The van der Waals surface area contributed by atoms with Crippen molar-refractivity contribution >= 4 is 16.1 Å². The van der Waals surface area contributed by atoms with E-state index >= 15 is 0 Å². The summed E-state index contributed by atoms with van der Waals surface area (Å²) < 4.78 is 31.5. The Hall–Kier alpha value is -0.204. The molecule has 10 heteroatoms. The van der Waals surface area contributed by atoms with E-state index in [0.717, 1.165) is 0 Å². The van der Waals surface area contributed by atoms with Gasteiger partial charge in [0.05, 0.1) is 4.90 Å². The minimum absolute atomic E-state index is 0. The zero-order valence-corrected chi connectivity index (χ0v) is 12.5. The first-order valence-electron chi connectivity index (χ1n) is 3.49. The number of carboxylic acids is 1. The van der Waals surface area contributed by atoms with Gasteiger partial charge >= 0.3 is 57.4 Å². The molecule has 0 radical (unpaired) electrons. The molecule has 0 aliphatic heterocycles. The van der Waals surface area contributed by atoms with Crippen LogP contribution < -0.4 is 51.4 Å². The maximum Gasteiger partial charge on any atom is 1.00 e. The Morgan fingerprint density at radius 3 is 2.00 bits per heavy atom. The second kappa shape index (κ2) is 6.65. The third kappa shape index (κ3) is 4.19. The maximum absolute atomic E-state index is 10.5. The molecule has 0 heterocycles. The molecule has 1 aromatic rings. The molecule has 0 amide bonds. The molecule has 0 unspecified atom stereocenters. The second-order valence-electron chi connectivity index (χ2n) is 2.57. The van der Waals surface area contributed by atoms with Crippen molar-refractivity contribution in [2.75, 3.05) is 0 Å². The van der Waals surface area contributed by atoms with Gasteiger partial charge < -0.3 is 25.3 Å². The Balaban J connectivity index is 0. The number of phenolic OH excluding ortho intramolecular Hbond substituents is 1. The van der Waals surface area contributed by atoms with Crippen LogP contribution in [0.4, 0.5) is 0 Å². The first kappa shape index (κ1) is 19.1. The molecule has 0 saturated carbocycles. The molecule has 0 bridgehead atoms. The molecule has 90 valence electrons. The van der Waals surface area contributed by atoms with Crippen molar-refractivity contribution in [3.05, 3.63) is 17.7 Å². The fourth-order valence-electron chi connectivity index (χ4n) is 0.935. The van der Waals surface area contributed by atoms with Gasteiger partial charge in [-0.3, -0.25) is 0 Å². The molecule has 5 N–H and O–H groups in total. The predicted octanol–water partition coefficient (Wildman–Crippen LogP) is -4.12. The summed E-state index contributed by atoms with van der Waals surface area (Å²) in [4.78, 5) is 9.37. The Labute approximate surface area is 138 Å². The van der Waals surface area contributed by atoms with E-state index in [0.29, 0.717) is 12.1 Å². The summed E-state index contributed by atoms with van der Waals surface area (Å²) in [6.07, 6.45) is 0. The van der Waals surface area contributed by atoms with Crippen molar-refractivity contribution < 1.29 is 89.9 Å². The Bertz CT molecular complexity index is 523. The van der Waals surface area contributed by atoms with E-state index in [1.165, 1.54) is 0 Å². The third-order valence-electron chi connectivity index (χ3n) is 1.61. The van der Waals surface area contributed by atoms with Crippen LogP contribution >= 0.6 is 0 Å². The topological polar surface area (TPSA) is 166 Å². The summed E-state index contributed by atoms with van der Waals surface area (Å²) in [5.74, 6) is -3.97. The SMILES string of the molecule is O.O=C(O)c1ccc(S(=O)(=O)[O-])c(O)c1O.[K+]. The molecule has 8 nitrogen and oxygen atoms in total. The standard InChI is InChI=1S/C7H6O7S.K.H2O/c8-5-3(7(10)11)1-2-4(6(5)9)15(12,13)14;;/h1-2,8-9H,(H,10,11)(H,12,13,14);;1H2/q;+1;/p-1. The third-order valence-corrected chi connectivity index (χ3v) is 2.48. The molecule has 0 saturated heterocycles. The minimum atomic E-state index is -4.95. The normalized spacial score (nSPS) is 9.94. The smallest absolute Gasteiger partial charge is 0.744 e. The number of aromatic hydroxyl groups is 2. The van der Waals surface area contributed by atoms with E-state index in [1.54, 1.807) is 0 Å². The van der Waals surface area contributed by atoms with E-state index in [2.05, 4.69) is 0 Å². The zero-order valence-electron chi connectivity index (χ0n) is 8.54. The van der Waals surface area contributed by atoms with Crippen molar-refractivity contribution in [3.8, 4) is 11.5 Å². The first-order valence-corrected chi connectivity index (χ1v) is 4.90. The maximum atomic E-state index is 10.5. The number of hydrogen-bond acceptors (Lipinski definition) is 6. The van der Waals surface area contributed by atoms with Crippen molar-refractivity contribution in [3.63, 3.8) is 0 Å². The quantitative estimate of drug-likeness (QED) is 0.282. The Kier molecular flexibility index (Phi) is 7.49. The number of carbonyl (C=O) groups is 1. The fourth-order valence-corrected chi connectivity index (χ4v) is 1.50. The van der Waals surface area contributed by atoms with Gasteiger partial charge in [-0.1, -0.05) is 0 Å². The van der Waals surface area contributed by atoms with Gasteiger partial charge in [0.1, 0.15) is 15.7 Å². The second-order valence-corrected chi connectivity index (χ2v) is 3.92. The first-order chi connectivity index (χ1) is 6.75. The largest absolute Gasteiger partial charge is 1.00 e. The summed E-state index contributed by atoms with van der Waals surface area (Å²) in [5.41, 5.74) is -0.695. The predicted molar refractivity (Wildman–Crippen MR) is 48.3 cm³/mol. The van der Waals surface area contributed by atoms with Gasteiger partial charge in [-0.2, -0.15) is 0 Å². The summed E-state index contributed by atoms with van der Waals surface area (Å²) in [6, 6.07) is 1.32. The summed E-state index contributed by atoms with van der Waals surface area (Å²) in [6.45, 7) is 0. The monoisotopic (exact) mass is 290 g/mol. The van der Waals surface area contributed by atoms with E-state index in [-0.39, 0.29) is 56.9 Å². The number of phenols is 2. The summed E-state index contributed by atoms with van der Waals surface area (Å²) >= 11 is 0. The molecular formula is C7H7KO8S. The average Bonchev–Trinajstić information content (AvgIpc) is 2.06. The van der Waals surface area contributed by atoms with Gasteiger partial charge in [-0.25, -0.2) is 13.2 Å². The van der Waals surface area contributed by atoms with Crippen LogP contribution in [0.2, 0.25) is 0 Å². The van der Waals surface area contributed by atoms with Gasteiger partial charge in [0.2, 0.25) is 0 Å².